The molecule has 0 fully saturated rings. The molecule has 0 saturated carbocycles. The Labute approximate surface area is 359 Å². The number of hydrogen-bond donors (Lipinski definition) is 0. The van der Waals surface area contributed by atoms with Crippen LogP contribution in [0.25, 0.3) is 111 Å². The van der Waals surface area contributed by atoms with Crippen LogP contribution in [0.15, 0.2) is 231 Å². The molecule has 0 radical (unpaired) electrons. The van der Waals surface area contributed by atoms with Crippen molar-refractivity contribution in [2.75, 3.05) is 0 Å². The Bertz CT molecular complexity index is 3620. The van der Waals surface area contributed by atoms with Gasteiger partial charge in [-0.3, -0.25) is 0 Å². The molecule has 290 valence electrons. The van der Waals surface area contributed by atoms with Crippen LogP contribution in [0.5, 0.6) is 0 Å². The molecular formula is C58H38N4. The second-order valence-corrected chi connectivity index (χ2v) is 15.8. The van der Waals surface area contributed by atoms with Crippen LogP contribution in [0.1, 0.15) is 0 Å². The van der Waals surface area contributed by atoms with Gasteiger partial charge in [0.05, 0.1) is 39.1 Å². The fourth-order valence-corrected chi connectivity index (χ4v) is 9.30. The van der Waals surface area contributed by atoms with Gasteiger partial charge < -0.3 is 9.13 Å². The van der Waals surface area contributed by atoms with Gasteiger partial charge in [-0.05, 0) is 64.7 Å². The van der Waals surface area contributed by atoms with Gasteiger partial charge in [0.2, 0.25) is 0 Å². The molecule has 3 aromatic heterocycles. The number of nitrogens with zero attached hydrogens (tertiary/aromatic N) is 4. The molecule has 0 saturated heterocycles. The van der Waals surface area contributed by atoms with Crippen LogP contribution in [0.4, 0.5) is 0 Å². The van der Waals surface area contributed by atoms with Gasteiger partial charge in [-0.15, -0.1) is 0 Å². The summed E-state index contributed by atoms with van der Waals surface area (Å²) in [4.78, 5) is 10.7. The number of fused-ring (bicyclic) bond motifs is 7. The van der Waals surface area contributed by atoms with Crippen molar-refractivity contribution >= 4 is 43.6 Å². The van der Waals surface area contributed by atoms with Crippen molar-refractivity contribution in [1.82, 2.24) is 19.1 Å². The van der Waals surface area contributed by atoms with Gasteiger partial charge in [-0.2, -0.15) is 0 Å². The first-order valence-electron chi connectivity index (χ1n) is 21.1. The molecule has 0 N–H and O–H groups in total. The minimum absolute atomic E-state index is 0.678. The van der Waals surface area contributed by atoms with Gasteiger partial charge in [0, 0.05) is 43.9 Å². The first-order chi connectivity index (χ1) is 30.8. The molecule has 0 amide bonds. The summed E-state index contributed by atoms with van der Waals surface area (Å²) in [6.45, 7) is 0. The highest BCUT2D eigenvalue weighted by molar-refractivity contribution is 6.24. The van der Waals surface area contributed by atoms with Crippen molar-refractivity contribution in [1.29, 1.82) is 0 Å². The van der Waals surface area contributed by atoms with E-state index >= 15 is 0 Å². The van der Waals surface area contributed by atoms with Crippen molar-refractivity contribution in [3.8, 4) is 67.5 Å². The second-order valence-electron chi connectivity index (χ2n) is 15.8. The van der Waals surface area contributed by atoms with E-state index in [4.69, 9.17) is 9.97 Å². The zero-order valence-corrected chi connectivity index (χ0v) is 33.7. The summed E-state index contributed by atoms with van der Waals surface area (Å²) in [5.74, 6) is 0.678. The third-order valence-corrected chi connectivity index (χ3v) is 12.1. The van der Waals surface area contributed by atoms with Gasteiger partial charge in [0.25, 0.3) is 0 Å². The van der Waals surface area contributed by atoms with Crippen LogP contribution in [0.3, 0.4) is 0 Å². The van der Waals surface area contributed by atoms with Gasteiger partial charge in [0.1, 0.15) is 0 Å². The lowest BCUT2D eigenvalue weighted by atomic mass is 10.0. The minimum atomic E-state index is 0.678. The lowest BCUT2D eigenvalue weighted by Crippen LogP contribution is -2.02. The third kappa shape index (κ3) is 5.92. The van der Waals surface area contributed by atoms with Gasteiger partial charge in [0.15, 0.2) is 5.82 Å². The Morgan fingerprint density at radius 3 is 1.45 bits per heavy atom. The van der Waals surface area contributed by atoms with Crippen LogP contribution in [-0.4, -0.2) is 19.1 Å². The first-order valence-corrected chi connectivity index (χ1v) is 21.1. The lowest BCUT2D eigenvalue weighted by molar-refractivity contribution is 1.14. The van der Waals surface area contributed by atoms with E-state index in [2.05, 4.69) is 234 Å². The van der Waals surface area contributed by atoms with E-state index in [1.54, 1.807) is 0 Å². The Morgan fingerprint density at radius 1 is 0.290 bits per heavy atom. The van der Waals surface area contributed by atoms with Gasteiger partial charge in [-0.1, -0.05) is 188 Å². The Morgan fingerprint density at radius 2 is 0.774 bits per heavy atom. The molecule has 3 heterocycles. The van der Waals surface area contributed by atoms with Crippen molar-refractivity contribution in [2.24, 2.45) is 0 Å². The predicted molar refractivity (Wildman–Crippen MR) is 258 cm³/mol. The molecule has 0 unspecified atom stereocenters. The van der Waals surface area contributed by atoms with E-state index in [0.717, 1.165) is 72.6 Å². The van der Waals surface area contributed by atoms with E-state index in [-0.39, 0.29) is 0 Å². The molecule has 12 rings (SSSR count). The molecule has 0 bridgehead atoms. The number of benzene rings is 9. The quantitative estimate of drug-likeness (QED) is 0.161. The van der Waals surface area contributed by atoms with Crippen LogP contribution >= 0.6 is 0 Å². The van der Waals surface area contributed by atoms with Crippen molar-refractivity contribution < 1.29 is 0 Å². The highest BCUT2D eigenvalue weighted by atomic mass is 15.0. The van der Waals surface area contributed by atoms with Crippen LogP contribution < -0.4 is 0 Å². The monoisotopic (exact) mass is 790 g/mol. The molecule has 0 spiro atoms. The maximum atomic E-state index is 5.44. The number of rotatable bonds is 7. The Kier molecular flexibility index (Phi) is 8.46. The fourth-order valence-electron chi connectivity index (χ4n) is 9.30. The van der Waals surface area contributed by atoms with Crippen LogP contribution in [-0.2, 0) is 0 Å². The average molecular weight is 791 g/mol. The number of para-hydroxylation sites is 3. The van der Waals surface area contributed by atoms with E-state index in [9.17, 15) is 0 Å². The average Bonchev–Trinajstić information content (AvgIpc) is 3.88. The van der Waals surface area contributed by atoms with Crippen LogP contribution in [0, 0.1) is 0 Å². The summed E-state index contributed by atoms with van der Waals surface area (Å²) >= 11 is 0. The standard InChI is InChI=1S/C58H38N4/c1-4-18-39(19-5-1)42-24-16-26-44(36-42)58-59-51(41-22-8-3-9-23-41)38-52(60-58)50-30-12-15-33-55(50)62-54-32-14-11-29-47(54)49-35-34-48-46-28-10-13-31-53(46)61(56(48)57(49)62)45-27-17-25-43(37-45)40-20-6-2-7-21-40/h1-38H. The van der Waals surface area contributed by atoms with E-state index in [1.165, 1.54) is 32.7 Å². The molecule has 0 aliphatic carbocycles. The molecule has 12 aromatic rings. The smallest absolute Gasteiger partial charge is 0.160 e. The summed E-state index contributed by atoms with van der Waals surface area (Å²) < 4.78 is 4.94. The van der Waals surface area contributed by atoms with E-state index in [1.807, 2.05) is 6.07 Å². The maximum Gasteiger partial charge on any atom is 0.160 e. The molecule has 9 aromatic carbocycles. The zero-order chi connectivity index (χ0) is 41.0. The number of hydrogen-bond acceptors (Lipinski definition) is 2. The summed E-state index contributed by atoms with van der Waals surface area (Å²) in [7, 11) is 0. The topological polar surface area (TPSA) is 35.6 Å². The van der Waals surface area contributed by atoms with Crippen molar-refractivity contribution in [2.45, 2.75) is 0 Å². The van der Waals surface area contributed by atoms with Gasteiger partial charge >= 0.3 is 0 Å². The predicted octanol–water partition coefficient (Wildman–Crippen LogP) is 15.0. The lowest BCUT2D eigenvalue weighted by Gasteiger charge is -2.17. The number of aromatic nitrogens is 4. The van der Waals surface area contributed by atoms with Crippen molar-refractivity contribution in [3.63, 3.8) is 0 Å². The third-order valence-electron chi connectivity index (χ3n) is 12.1. The molecule has 0 atom stereocenters. The SMILES string of the molecule is c1ccc(-c2cccc(-c3nc(-c4ccccc4)cc(-c4ccccc4-n4c5ccccc5c5ccc6c7ccccc7n(-c7cccc(-c8ccccc8)c7)c6c54)n3)c2)cc1. The van der Waals surface area contributed by atoms with E-state index in [0.29, 0.717) is 5.82 Å². The molecule has 4 heteroatoms. The van der Waals surface area contributed by atoms with Gasteiger partial charge in [-0.25, -0.2) is 9.97 Å². The highest BCUT2D eigenvalue weighted by Crippen LogP contribution is 2.44. The highest BCUT2D eigenvalue weighted by Gasteiger charge is 2.23. The van der Waals surface area contributed by atoms with E-state index < -0.39 is 0 Å². The Balaban J connectivity index is 1.14. The van der Waals surface area contributed by atoms with Crippen LogP contribution in [0.2, 0.25) is 0 Å². The largest absolute Gasteiger partial charge is 0.307 e. The first kappa shape index (κ1) is 35.6. The summed E-state index contributed by atoms with van der Waals surface area (Å²) in [6, 6.07) is 82.1. The summed E-state index contributed by atoms with van der Waals surface area (Å²) in [5, 5.41) is 4.80. The molecular weight excluding hydrogens is 753 g/mol. The normalized spacial score (nSPS) is 11.5. The zero-order valence-electron chi connectivity index (χ0n) is 33.7. The minimum Gasteiger partial charge on any atom is -0.307 e. The summed E-state index contributed by atoms with van der Waals surface area (Å²) in [6.07, 6.45) is 0. The molecule has 0 aliphatic heterocycles. The molecule has 0 aliphatic rings. The fraction of sp³-hybridized carbons (Fsp3) is 0. The molecule has 62 heavy (non-hydrogen) atoms. The molecule has 4 nitrogen and oxygen atoms in total. The summed E-state index contributed by atoms with van der Waals surface area (Å²) in [5.41, 5.74) is 16.1. The maximum absolute atomic E-state index is 5.44. The van der Waals surface area contributed by atoms with Crippen molar-refractivity contribution in [3.05, 3.63) is 231 Å². The second kappa shape index (κ2) is 14.7. The Hall–Kier alpha value is -8.34.